The van der Waals surface area contributed by atoms with Gasteiger partial charge in [0.15, 0.2) is 0 Å². The molecule has 3 nitrogen and oxygen atoms in total. The summed E-state index contributed by atoms with van der Waals surface area (Å²) in [5.41, 5.74) is 12.3. The Bertz CT molecular complexity index is 2370. The van der Waals surface area contributed by atoms with E-state index >= 15 is 0 Å². The van der Waals surface area contributed by atoms with Crippen LogP contribution < -0.4 is 0 Å². The molecule has 0 fully saturated rings. The van der Waals surface area contributed by atoms with Crippen LogP contribution in [0, 0.1) is 0 Å². The Kier molecular flexibility index (Phi) is 5.63. The normalized spacial score (nSPS) is 13.2. The van der Waals surface area contributed by atoms with Crippen LogP contribution in [0.1, 0.15) is 22.3 Å². The molecule has 0 amide bonds. The molecule has 6 aromatic carbocycles. The standard InChI is InChI=1S/C42H29N3/c1-45-40-23-9-8-22-38(40)44-41(45)30-15-11-17-33(25-30)42(36-20-6-4-18-34(36)35-19-5-7-21-37(35)42)32-16-10-14-29(24-32)39-26-28-12-2-3-13-31(28)27-43-39/h2-27H,1H3. The van der Waals surface area contributed by atoms with Gasteiger partial charge in [-0.2, -0.15) is 0 Å². The van der Waals surface area contributed by atoms with E-state index in [-0.39, 0.29) is 0 Å². The predicted octanol–water partition coefficient (Wildman–Crippen LogP) is 9.82. The van der Waals surface area contributed by atoms with Crippen LogP contribution in [0.4, 0.5) is 0 Å². The lowest BCUT2D eigenvalue weighted by Gasteiger charge is -2.34. The third-order valence-electron chi connectivity index (χ3n) is 9.52. The van der Waals surface area contributed by atoms with Gasteiger partial charge in [-0.05, 0) is 69.1 Å². The molecule has 0 radical (unpaired) electrons. The molecule has 212 valence electrons. The second-order valence-electron chi connectivity index (χ2n) is 11.9. The van der Waals surface area contributed by atoms with E-state index in [9.17, 15) is 0 Å². The van der Waals surface area contributed by atoms with Crippen LogP contribution in [0.3, 0.4) is 0 Å². The van der Waals surface area contributed by atoms with Crippen molar-refractivity contribution < 1.29 is 0 Å². The lowest BCUT2D eigenvalue weighted by Crippen LogP contribution is -2.28. The number of nitrogens with zero attached hydrogens (tertiary/aromatic N) is 3. The molecule has 1 aliphatic rings. The quantitative estimate of drug-likeness (QED) is 0.209. The number of para-hydroxylation sites is 2. The molecule has 0 spiro atoms. The molecular weight excluding hydrogens is 546 g/mol. The molecule has 9 rings (SSSR count). The van der Waals surface area contributed by atoms with Crippen molar-refractivity contribution in [3.63, 3.8) is 0 Å². The molecule has 0 aliphatic heterocycles. The Morgan fingerprint density at radius 2 is 1.13 bits per heavy atom. The van der Waals surface area contributed by atoms with E-state index in [1.807, 2.05) is 12.3 Å². The summed E-state index contributed by atoms with van der Waals surface area (Å²) in [5.74, 6) is 0.960. The highest BCUT2D eigenvalue weighted by Crippen LogP contribution is 2.56. The van der Waals surface area contributed by atoms with Crippen LogP contribution >= 0.6 is 0 Å². The Labute approximate surface area is 262 Å². The molecule has 0 N–H and O–H groups in total. The molecule has 45 heavy (non-hydrogen) atoms. The monoisotopic (exact) mass is 575 g/mol. The Morgan fingerprint density at radius 1 is 0.533 bits per heavy atom. The fourth-order valence-corrected chi connectivity index (χ4v) is 7.47. The predicted molar refractivity (Wildman–Crippen MR) is 184 cm³/mol. The van der Waals surface area contributed by atoms with Crippen LogP contribution in [0.15, 0.2) is 158 Å². The molecule has 1 aliphatic carbocycles. The van der Waals surface area contributed by atoms with Gasteiger partial charge in [0.2, 0.25) is 0 Å². The van der Waals surface area contributed by atoms with E-state index < -0.39 is 5.41 Å². The summed E-state index contributed by atoms with van der Waals surface area (Å²) in [6.07, 6.45) is 1.98. The third-order valence-corrected chi connectivity index (χ3v) is 9.52. The van der Waals surface area contributed by atoms with Gasteiger partial charge in [-0.1, -0.05) is 121 Å². The van der Waals surface area contributed by atoms with Gasteiger partial charge >= 0.3 is 0 Å². The molecule has 0 unspecified atom stereocenters. The van der Waals surface area contributed by atoms with Gasteiger partial charge < -0.3 is 4.57 Å². The van der Waals surface area contributed by atoms with Crippen LogP contribution in [0.5, 0.6) is 0 Å². The van der Waals surface area contributed by atoms with Crippen molar-refractivity contribution in [3.05, 3.63) is 180 Å². The largest absolute Gasteiger partial charge is 0.327 e. The summed E-state index contributed by atoms with van der Waals surface area (Å²) in [4.78, 5) is 9.97. The number of fused-ring (bicyclic) bond motifs is 5. The summed E-state index contributed by atoms with van der Waals surface area (Å²) in [6, 6.07) is 54.7. The van der Waals surface area contributed by atoms with Crippen molar-refractivity contribution in [2.24, 2.45) is 7.05 Å². The minimum Gasteiger partial charge on any atom is -0.327 e. The lowest BCUT2D eigenvalue weighted by molar-refractivity contribution is 0.768. The maximum atomic E-state index is 5.07. The molecule has 2 heterocycles. The van der Waals surface area contributed by atoms with Crippen LogP contribution in [-0.2, 0) is 12.5 Å². The first kappa shape index (κ1) is 25.7. The number of hydrogen-bond acceptors (Lipinski definition) is 2. The minimum atomic E-state index is -0.527. The second kappa shape index (κ2) is 9.87. The highest BCUT2D eigenvalue weighted by atomic mass is 15.1. The fourth-order valence-electron chi connectivity index (χ4n) is 7.47. The van der Waals surface area contributed by atoms with Crippen molar-refractivity contribution in [2.75, 3.05) is 0 Å². The number of benzene rings is 6. The minimum absolute atomic E-state index is 0.527. The number of aromatic nitrogens is 3. The summed E-state index contributed by atoms with van der Waals surface area (Å²) in [7, 11) is 2.10. The maximum Gasteiger partial charge on any atom is 0.140 e. The van der Waals surface area contributed by atoms with E-state index in [2.05, 4.69) is 157 Å². The zero-order valence-corrected chi connectivity index (χ0v) is 24.9. The van der Waals surface area contributed by atoms with E-state index in [1.54, 1.807) is 0 Å². The number of aryl methyl sites for hydroxylation is 1. The van der Waals surface area contributed by atoms with Crippen molar-refractivity contribution in [1.82, 2.24) is 14.5 Å². The van der Waals surface area contributed by atoms with Gasteiger partial charge in [0.05, 0.1) is 22.1 Å². The Morgan fingerprint density at radius 3 is 1.87 bits per heavy atom. The van der Waals surface area contributed by atoms with Gasteiger partial charge in [0.1, 0.15) is 5.82 Å². The summed E-state index contributed by atoms with van der Waals surface area (Å²) in [5, 5.41) is 2.33. The van der Waals surface area contributed by atoms with E-state index in [0.29, 0.717) is 0 Å². The summed E-state index contributed by atoms with van der Waals surface area (Å²) >= 11 is 0. The van der Waals surface area contributed by atoms with E-state index in [4.69, 9.17) is 9.97 Å². The smallest absolute Gasteiger partial charge is 0.140 e. The number of hydrogen-bond donors (Lipinski definition) is 0. The molecule has 8 aromatic rings. The number of imidazole rings is 1. The molecule has 0 saturated heterocycles. The van der Waals surface area contributed by atoms with Gasteiger partial charge in [0.25, 0.3) is 0 Å². The summed E-state index contributed by atoms with van der Waals surface area (Å²) in [6.45, 7) is 0. The molecule has 0 bridgehead atoms. The third kappa shape index (κ3) is 3.77. The van der Waals surface area contributed by atoms with Gasteiger partial charge in [0, 0.05) is 29.8 Å². The molecule has 3 heteroatoms. The molecular formula is C42H29N3. The zero-order chi connectivity index (χ0) is 30.0. The van der Waals surface area contributed by atoms with Crippen molar-refractivity contribution in [3.8, 4) is 33.8 Å². The van der Waals surface area contributed by atoms with Gasteiger partial charge in [-0.15, -0.1) is 0 Å². The molecule has 2 aromatic heterocycles. The second-order valence-corrected chi connectivity index (χ2v) is 11.9. The van der Waals surface area contributed by atoms with E-state index in [0.717, 1.165) is 39.1 Å². The highest BCUT2D eigenvalue weighted by Gasteiger charge is 2.46. The molecule has 0 saturated carbocycles. The first-order valence-electron chi connectivity index (χ1n) is 15.4. The number of pyridine rings is 1. The fraction of sp³-hybridized carbons (Fsp3) is 0.0476. The van der Waals surface area contributed by atoms with Crippen LogP contribution in [-0.4, -0.2) is 14.5 Å². The average Bonchev–Trinajstić information content (AvgIpc) is 3.61. The average molecular weight is 576 g/mol. The first-order valence-corrected chi connectivity index (χ1v) is 15.4. The van der Waals surface area contributed by atoms with Gasteiger partial charge in [-0.3, -0.25) is 4.98 Å². The highest BCUT2D eigenvalue weighted by molar-refractivity contribution is 5.89. The zero-order valence-electron chi connectivity index (χ0n) is 24.9. The van der Waals surface area contributed by atoms with Crippen LogP contribution in [0.25, 0.3) is 55.6 Å². The SMILES string of the molecule is Cn1c(-c2cccc(C3(c4cccc(-c5cc6ccccc6cn5)c4)c4ccccc4-c4ccccc43)c2)nc2ccccc21. The lowest BCUT2D eigenvalue weighted by atomic mass is 9.67. The Hall–Kier alpha value is -5.80. The topological polar surface area (TPSA) is 30.7 Å². The van der Waals surface area contributed by atoms with Crippen molar-refractivity contribution in [2.45, 2.75) is 5.41 Å². The number of rotatable bonds is 4. The first-order chi connectivity index (χ1) is 22.2. The van der Waals surface area contributed by atoms with Crippen LogP contribution in [0.2, 0.25) is 0 Å². The maximum absolute atomic E-state index is 5.07. The van der Waals surface area contributed by atoms with Gasteiger partial charge in [-0.25, -0.2) is 4.98 Å². The Balaban J connectivity index is 1.32. The molecule has 0 atom stereocenters. The van der Waals surface area contributed by atoms with E-state index in [1.165, 1.54) is 38.8 Å². The summed E-state index contributed by atoms with van der Waals surface area (Å²) < 4.78 is 2.20. The van der Waals surface area contributed by atoms with Crippen molar-refractivity contribution in [1.29, 1.82) is 0 Å². The van der Waals surface area contributed by atoms with Crippen molar-refractivity contribution >= 4 is 21.8 Å².